The van der Waals surface area contributed by atoms with Gasteiger partial charge >= 0.3 is 5.97 Å². The third kappa shape index (κ3) is 14.2. The summed E-state index contributed by atoms with van der Waals surface area (Å²) in [5.74, 6) is 0.0765. The molecule has 0 aromatic heterocycles. The Hall–Kier alpha value is -1.51. The lowest BCUT2D eigenvalue weighted by Gasteiger charge is -2.16. The summed E-state index contributed by atoms with van der Waals surface area (Å²) in [5.41, 5.74) is 2.21. The molecule has 1 aromatic carbocycles. The number of hydrogen-bond donors (Lipinski definition) is 1. The van der Waals surface area contributed by atoms with Gasteiger partial charge < -0.3 is 10.1 Å². The normalized spacial score (nSPS) is 12.0. The van der Waals surface area contributed by atoms with E-state index < -0.39 is 0 Å². The second kappa shape index (κ2) is 19.2. The second-order valence-electron chi connectivity index (χ2n) is 9.04. The molecule has 0 aliphatic carbocycles. The van der Waals surface area contributed by atoms with Crippen molar-refractivity contribution < 1.29 is 9.53 Å². The van der Waals surface area contributed by atoms with Crippen LogP contribution in [0, 0.1) is 5.92 Å². The van der Waals surface area contributed by atoms with E-state index in [2.05, 4.69) is 50.4 Å². The minimum absolute atomic E-state index is 0.00474. The van der Waals surface area contributed by atoms with Crippen LogP contribution >= 0.6 is 0 Å². The summed E-state index contributed by atoms with van der Waals surface area (Å²) >= 11 is 0. The fraction of sp³-hybridized carbons (Fsp3) is 0.750. The minimum Gasteiger partial charge on any atom is -0.461 e. The third-order valence-corrected chi connectivity index (χ3v) is 6.09. The molecule has 1 atom stereocenters. The van der Waals surface area contributed by atoms with Gasteiger partial charge in [-0.2, -0.15) is 0 Å². The molecule has 1 N–H and O–H groups in total. The zero-order chi connectivity index (χ0) is 22.6. The molecule has 3 heteroatoms. The number of anilines is 1. The van der Waals surface area contributed by atoms with E-state index >= 15 is 0 Å². The van der Waals surface area contributed by atoms with Gasteiger partial charge in [-0.1, -0.05) is 110 Å². The van der Waals surface area contributed by atoms with Gasteiger partial charge in [0.25, 0.3) is 0 Å². The highest BCUT2D eigenvalue weighted by atomic mass is 16.5. The van der Waals surface area contributed by atoms with E-state index in [1.165, 1.54) is 70.6 Å². The largest absolute Gasteiger partial charge is 0.461 e. The number of ether oxygens (including phenoxy) is 1. The molecule has 0 amide bonds. The summed E-state index contributed by atoms with van der Waals surface area (Å²) < 4.78 is 5.73. The van der Waals surface area contributed by atoms with E-state index in [0.717, 1.165) is 43.5 Å². The number of nitrogens with one attached hydrogen (secondary N) is 1. The third-order valence-electron chi connectivity index (χ3n) is 6.09. The Kier molecular flexibility index (Phi) is 17.0. The predicted octanol–water partition coefficient (Wildman–Crippen LogP) is 8.67. The summed E-state index contributed by atoms with van der Waals surface area (Å²) in [6.45, 7) is 8.11. The van der Waals surface area contributed by atoms with Gasteiger partial charge in [0, 0.05) is 12.2 Å². The SMILES string of the molecule is CCCCCCCC(CCCCCC)C(=O)OCc1ccc(NCCCCCC)cc1. The molecule has 0 heterocycles. The van der Waals surface area contributed by atoms with E-state index in [-0.39, 0.29) is 11.9 Å². The molecule has 0 saturated carbocycles. The Labute approximate surface area is 192 Å². The van der Waals surface area contributed by atoms with Crippen LogP contribution in [0.25, 0.3) is 0 Å². The van der Waals surface area contributed by atoms with Gasteiger partial charge in [-0.25, -0.2) is 0 Å². The molecule has 0 saturated heterocycles. The van der Waals surface area contributed by atoms with Crippen LogP contribution in [-0.4, -0.2) is 12.5 Å². The standard InChI is InChI=1S/C28H49NO2/c1-4-7-10-13-15-18-26(17-14-11-8-5-2)28(30)31-24-25-19-21-27(22-20-25)29-23-16-12-9-6-3/h19-22,26,29H,4-18,23-24H2,1-3H3. The maximum atomic E-state index is 12.8. The van der Waals surface area contributed by atoms with Crippen molar-refractivity contribution in [1.82, 2.24) is 0 Å². The summed E-state index contributed by atoms with van der Waals surface area (Å²) in [6, 6.07) is 8.34. The Morgan fingerprint density at radius 3 is 1.84 bits per heavy atom. The number of carbonyl (C=O) groups excluding carboxylic acids is 1. The summed E-state index contributed by atoms with van der Waals surface area (Å²) in [5, 5.41) is 3.48. The van der Waals surface area contributed by atoms with Crippen molar-refractivity contribution in [1.29, 1.82) is 0 Å². The van der Waals surface area contributed by atoms with Gasteiger partial charge in [-0.3, -0.25) is 4.79 Å². The number of benzene rings is 1. The highest BCUT2D eigenvalue weighted by Gasteiger charge is 2.19. The van der Waals surface area contributed by atoms with Crippen molar-refractivity contribution in [2.75, 3.05) is 11.9 Å². The smallest absolute Gasteiger partial charge is 0.309 e. The average Bonchev–Trinajstić information content (AvgIpc) is 2.79. The quantitative estimate of drug-likeness (QED) is 0.166. The Morgan fingerprint density at radius 2 is 1.26 bits per heavy atom. The van der Waals surface area contributed by atoms with Gasteiger partial charge in [0.15, 0.2) is 0 Å². The number of esters is 1. The van der Waals surface area contributed by atoms with Crippen LogP contribution in [0.1, 0.15) is 123 Å². The van der Waals surface area contributed by atoms with E-state index in [0.29, 0.717) is 6.61 Å². The zero-order valence-electron chi connectivity index (χ0n) is 20.7. The number of unbranched alkanes of at least 4 members (excludes halogenated alkanes) is 10. The van der Waals surface area contributed by atoms with Gasteiger partial charge in [-0.05, 0) is 37.0 Å². The molecule has 3 nitrogen and oxygen atoms in total. The summed E-state index contributed by atoms with van der Waals surface area (Å²) in [7, 11) is 0. The topological polar surface area (TPSA) is 38.3 Å². The Morgan fingerprint density at radius 1 is 0.742 bits per heavy atom. The van der Waals surface area contributed by atoms with E-state index in [1.54, 1.807) is 0 Å². The maximum absolute atomic E-state index is 12.8. The molecule has 0 fully saturated rings. The molecule has 31 heavy (non-hydrogen) atoms. The first-order valence-corrected chi connectivity index (χ1v) is 13.2. The van der Waals surface area contributed by atoms with Crippen LogP contribution in [0.3, 0.4) is 0 Å². The Bertz CT molecular complexity index is 540. The fourth-order valence-corrected chi connectivity index (χ4v) is 3.97. The molecule has 0 spiro atoms. The lowest BCUT2D eigenvalue weighted by atomic mass is 9.94. The first-order chi connectivity index (χ1) is 15.2. The van der Waals surface area contributed by atoms with E-state index in [9.17, 15) is 4.79 Å². The van der Waals surface area contributed by atoms with Gasteiger partial charge in [0.1, 0.15) is 6.61 Å². The van der Waals surface area contributed by atoms with Crippen molar-refractivity contribution in [3.63, 3.8) is 0 Å². The molecular formula is C28H49NO2. The molecule has 0 bridgehead atoms. The molecule has 0 radical (unpaired) electrons. The van der Waals surface area contributed by atoms with Crippen LogP contribution in [-0.2, 0) is 16.1 Å². The van der Waals surface area contributed by atoms with Gasteiger partial charge in [0.05, 0.1) is 5.92 Å². The van der Waals surface area contributed by atoms with Crippen LogP contribution < -0.4 is 5.32 Å². The van der Waals surface area contributed by atoms with Crippen molar-refractivity contribution >= 4 is 11.7 Å². The molecule has 0 aliphatic heterocycles. The average molecular weight is 432 g/mol. The second-order valence-corrected chi connectivity index (χ2v) is 9.04. The predicted molar refractivity (Wildman–Crippen MR) is 134 cm³/mol. The monoisotopic (exact) mass is 431 g/mol. The fourth-order valence-electron chi connectivity index (χ4n) is 3.97. The number of carbonyl (C=O) groups is 1. The number of rotatable bonds is 20. The van der Waals surface area contributed by atoms with E-state index in [4.69, 9.17) is 4.74 Å². The molecule has 1 aromatic rings. The first-order valence-electron chi connectivity index (χ1n) is 13.2. The van der Waals surface area contributed by atoms with Crippen LogP contribution in [0.15, 0.2) is 24.3 Å². The van der Waals surface area contributed by atoms with Crippen molar-refractivity contribution in [3.05, 3.63) is 29.8 Å². The molecule has 1 rings (SSSR count). The minimum atomic E-state index is 0.00474. The highest BCUT2D eigenvalue weighted by molar-refractivity contribution is 5.72. The van der Waals surface area contributed by atoms with Crippen molar-refractivity contribution in [2.45, 2.75) is 124 Å². The zero-order valence-corrected chi connectivity index (χ0v) is 20.7. The van der Waals surface area contributed by atoms with Gasteiger partial charge in [-0.15, -0.1) is 0 Å². The molecular weight excluding hydrogens is 382 g/mol. The maximum Gasteiger partial charge on any atom is 0.309 e. The summed E-state index contributed by atoms with van der Waals surface area (Å²) in [6.07, 6.45) is 18.1. The lowest BCUT2D eigenvalue weighted by molar-refractivity contribution is -0.150. The number of hydrogen-bond acceptors (Lipinski definition) is 3. The highest BCUT2D eigenvalue weighted by Crippen LogP contribution is 2.21. The van der Waals surface area contributed by atoms with Gasteiger partial charge in [0.2, 0.25) is 0 Å². The van der Waals surface area contributed by atoms with Crippen LogP contribution in [0.4, 0.5) is 5.69 Å². The van der Waals surface area contributed by atoms with Crippen LogP contribution in [0.2, 0.25) is 0 Å². The van der Waals surface area contributed by atoms with E-state index in [1.807, 2.05) is 0 Å². The molecule has 1 unspecified atom stereocenters. The lowest BCUT2D eigenvalue weighted by Crippen LogP contribution is -2.18. The molecule has 0 aliphatic rings. The molecule has 178 valence electrons. The van der Waals surface area contributed by atoms with Crippen LogP contribution in [0.5, 0.6) is 0 Å². The summed E-state index contributed by atoms with van der Waals surface area (Å²) in [4.78, 5) is 12.8. The Balaban J connectivity index is 2.39. The first kappa shape index (κ1) is 27.5. The van der Waals surface area contributed by atoms with Crippen molar-refractivity contribution in [2.24, 2.45) is 5.92 Å². The van der Waals surface area contributed by atoms with Crippen molar-refractivity contribution in [3.8, 4) is 0 Å².